The minimum absolute atomic E-state index is 0.133. The van der Waals surface area contributed by atoms with Crippen molar-refractivity contribution >= 4 is 11.6 Å². The van der Waals surface area contributed by atoms with Gasteiger partial charge >= 0.3 is 6.18 Å². The van der Waals surface area contributed by atoms with Crippen LogP contribution < -0.4 is 5.32 Å². The van der Waals surface area contributed by atoms with Crippen molar-refractivity contribution in [1.29, 1.82) is 0 Å². The Hall–Kier alpha value is -2.82. The number of phenolic OH excluding ortho intramolecular Hbond substituents is 1. The number of hydrogen-bond acceptors (Lipinski definition) is 3. The number of anilines is 1. The van der Waals surface area contributed by atoms with Gasteiger partial charge in [-0.05, 0) is 49.3 Å². The summed E-state index contributed by atoms with van der Waals surface area (Å²) in [4.78, 5) is 14.5. The van der Waals surface area contributed by atoms with Crippen LogP contribution in [0.5, 0.6) is 5.75 Å². The zero-order chi connectivity index (χ0) is 24.5. The molecular formula is C22H19F7N2O2. The van der Waals surface area contributed by atoms with Gasteiger partial charge in [0.15, 0.2) is 23.3 Å². The van der Waals surface area contributed by atoms with E-state index in [-0.39, 0.29) is 23.5 Å². The van der Waals surface area contributed by atoms with Crippen molar-refractivity contribution < 1.29 is 40.6 Å². The van der Waals surface area contributed by atoms with Crippen molar-refractivity contribution in [1.82, 2.24) is 4.90 Å². The molecule has 4 nitrogen and oxygen atoms in total. The molecule has 33 heavy (non-hydrogen) atoms. The molecule has 2 fully saturated rings. The summed E-state index contributed by atoms with van der Waals surface area (Å²) in [6.07, 6.45) is -5.67. The fourth-order valence-corrected chi connectivity index (χ4v) is 4.61. The number of carbonyl (C=O) groups is 1. The number of amides is 1. The van der Waals surface area contributed by atoms with Gasteiger partial charge in [-0.25, -0.2) is 17.6 Å². The molecule has 2 unspecified atom stereocenters. The number of likely N-dealkylation sites (tertiary alicyclic amines) is 1. The number of rotatable bonds is 4. The minimum atomic E-state index is -5.67. The zero-order valence-corrected chi connectivity index (χ0v) is 17.4. The molecule has 11 heteroatoms. The van der Waals surface area contributed by atoms with E-state index in [0.29, 0.717) is 13.1 Å². The Kier molecular flexibility index (Phi) is 5.38. The Labute approximate surface area is 184 Å². The predicted octanol–water partition coefficient (Wildman–Crippen LogP) is 5.03. The third kappa shape index (κ3) is 3.81. The summed E-state index contributed by atoms with van der Waals surface area (Å²) in [5, 5.41) is 11.4. The van der Waals surface area contributed by atoms with E-state index in [9.17, 15) is 40.6 Å². The number of aromatic hydroxyl groups is 1. The number of piperidine rings is 1. The van der Waals surface area contributed by atoms with Crippen LogP contribution >= 0.6 is 0 Å². The molecule has 2 atom stereocenters. The van der Waals surface area contributed by atoms with Crippen LogP contribution in [0.2, 0.25) is 0 Å². The van der Waals surface area contributed by atoms with Gasteiger partial charge in [-0.15, -0.1) is 0 Å². The molecule has 1 aliphatic carbocycles. The van der Waals surface area contributed by atoms with Crippen molar-refractivity contribution in [3.63, 3.8) is 0 Å². The summed E-state index contributed by atoms with van der Waals surface area (Å²) in [7, 11) is 0. The largest absolute Gasteiger partial charge is 0.508 e. The molecule has 0 bridgehead atoms. The lowest BCUT2D eigenvalue weighted by molar-refractivity contribution is -0.143. The maximum atomic E-state index is 14.2. The molecule has 0 aromatic heterocycles. The molecule has 178 valence electrons. The van der Waals surface area contributed by atoms with E-state index in [1.54, 1.807) is 28.4 Å². The van der Waals surface area contributed by atoms with Gasteiger partial charge in [0.05, 0.1) is 5.54 Å². The van der Waals surface area contributed by atoms with E-state index in [0.717, 1.165) is 5.56 Å². The molecule has 4 rings (SSSR count). The highest BCUT2D eigenvalue weighted by Gasteiger charge is 2.59. The second-order valence-corrected chi connectivity index (χ2v) is 8.87. The fourth-order valence-electron chi connectivity index (χ4n) is 4.61. The number of halogens is 7. The van der Waals surface area contributed by atoms with E-state index in [1.807, 2.05) is 6.07 Å². The van der Waals surface area contributed by atoms with Gasteiger partial charge in [-0.3, -0.25) is 9.69 Å². The first kappa shape index (κ1) is 23.3. The number of hydrogen-bond donors (Lipinski definition) is 2. The number of nitrogens with zero attached hydrogens (tertiary/aromatic N) is 1. The summed E-state index contributed by atoms with van der Waals surface area (Å²) in [6.45, 7) is 3.74. The number of fused-ring (bicyclic) bond motifs is 1. The van der Waals surface area contributed by atoms with Crippen molar-refractivity contribution in [2.75, 3.05) is 18.4 Å². The average molecular weight is 476 g/mol. The Bertz CT molecular complexity index is 1090. The molecule has 1 amide bonds. The summed E-state index contributed by atoms with van der Waals surface area (Å²) in [5.41, 5.74) is -4.75. The molecule has 2 aromatic carbocycles. The number of phenols is 1. The van der Waals surface area contributed by atoms with Crippen LogP contribution in [0.15, 0.2) is 24.3 Å². The third-order valence-electron chi connectivity index (χ3n) is 6.58. The highest BCUT2D eigenvalue weighted by atomic mass is 19.4. The molecule has 1 heterocycles. The zero-order valence-electron chi connectivity index (χ0n) is 17.4. The average Bonchev–Trinajstić information content (AvgIpc) is 3.21. The first-order valence-electron chi connectivity index (χ1n) is 10.0. The fraction of sp³-hybridized carbons (Fsp3) is 0.409. The van der Waals surface area contributed by atoms with Crippen molar-refractivity contribution in [2.24, 2.45) is 11.8 Å². The maximum Gasteiger partial charge on any atom is 0.422 e. The van der Waals surface area contributed by atoms with Crippen molar-refractivity contribution in [3.05, 3.63) is 58.7 Å². The van der Waals surface area contributed by atoms with Crippen LogP contribution in [-0.2, 0) is 11.0 Å². The number of nitrogens with one attached hydrogen (secondary N) is 1. The van der Waals surface area contributed by atoms with Gasteiger partial charge in [0.1, 0.15) is 17.0 Å². The second-order valence-electron chi connectivity index (χ2n) is 8.87. The SMILES string of the molecule is CC(C)(C(=O)Nc1c(F)c(F)c(C(F)(F)F)c(F)c1F)N1CC2C(C1)C2c1cccc(O)c1. The topological polar surface area (TPSA) is 52.6 Å². The summed E-state index contributed by atoms with van der Waals surface area (Å²) < 4.78 is 94.3. The number of alkyl halides is 3. The Morgan fingerprint density at radius 2 is 1.55 bits per heavy atom. The van der Waals surface area contributed by atoms with E-state index < -0.39 is 52.1 Å². The van der Waals surface area contributed by atoms with Crippen LogP contribution in [0.25, 0.3) is 0 Å². The van der Waals surface area contributed by atoms with Gasteiger partial charge in [-0.2, -0.15) is 13.2 Å². The lowest BCUT2D eigenvalue weighted by atomic mass is 9.99. The third-order valence-corrected chi connectivity index (χ3v) is 6.58. The monoisotopic (exact) mass is 476 g/mol. The lowest BCUT2D eigenvalue weighted by Crippen LogP contribution is -2.52. The van der Waals surface area contributed by atoms with E-state index in [2.05, 4.69) is 0 Å². The molecule has 2 aliphatic rings. The molecule has 1 saturated heterocycles. The smallest absolute Gasteiger partial charge is 0.422 e. The number of benzene rings is 2. The molecular weight excluding hydrogens is 457 g/mol. The van der Waals surface area contributed by atoms with E-state index in [4.69, 9.17) is 0 Å². The van der Waals surface area contributed by atoms with Crippen molar-refractivity contribution in [2.45, 2.75) is 31.5 Å². The van der Waals surface area contributed by atoms with E-state index >= 15 is 0 Å². The quantitative estimate of drug-likeness (QED) is 0.481. The normalized spacial score (nSPS) is 22.9. The Morgan fingerprint density at radius 1 is 1.00 bits per heavy atom. The standard InChI is InChI=1S/C22H19F7N2O2/c1-21(2,31-7-11-12(8-31)13(11)9-4-3-5-10(32)6-9)20(33)30-19-17(25)15(23)14(22(27,28)29)16(24)18(19)26/h3-6,11-13,32H,7-8H2,1-2H3,(H,30,33). The van der Waals surface area contributed by atoms with Crippen LogP contribution in [0.3, 0.4) is 0 Å². The van der Waals surface area contributed by atoms with Gasteiger partial charge in [0.2, 0.25) is 5.91 Å². The molecule has 2 aromatic rings. The van der Waals surface area contributed by atoms with Gasteiger partial charge in [-0.1, -0.05) is 12.1 Å². The Morgan fingerprint density at radius 3 is 2.03 bits per heavy atom. The van der Waals surface area contributed by atoms with Gasteiger partial charge in [0, 0.05) is 13.1 Å². The summed E-state index contributed by atoms with van der Waals surface area (Å²) in [6, 6.07) is 6.81. The minimum Gasteiger partial charge on any atom is -0.508 e. The second kappa shape index (κ2) is 7.61. The van der Waals surface area contributed by atoms with Crippen LogP contribution in [0.4, 0.5) is 36.4 Å². The van der Waals surface area contributed by atoms with Crippen LogP contribution in [0.1, 0.15) is 30.9 Å². The molecule has 2 N–H and O–H groups in total. The number of carbonyl (C=O) groups excluding carboxylic acids is 1. The predicted molar refractivity (Wildman–Crippen MR) is 103 cm³/mol. The maximum absolute atomic E-state index is 14.2. The molecule has 0 radical (unpaired) electrons. The summed E-state index contributed by atoms with van der Waals surface area (Å²) in [5.74, 6) is -10.3. The van der Waals surface area contributed by atoms with Gasteiger partial charge < -0.3 is 10.4 Å². The molecule has 0 spiro atoms. The Balaban J connectivity index is 1.51. The van der Waals surface area contributed by atoms with Crippen LogP contribution in [0, 0.1) is 35.1 Å². The highest BCUT2D eigenvalue weighted by Crippen LogP contribution is 2.59. The highest BCUT2D eigenvalue weighted by molar-refractivity contribution is 5.97. The van der Waals surface area contributed by atoms with Gasteiger partial charge in [0.25, 0.3) is 0 Å². The van der Waals surface area contributed by atoms with Crippen LogP contribution in [-0.4, -0.2) is 34.5 Å². The molecule has 1 aliphatic heterocycles. The first-order valence-corrected chi connectivity index (χ1v) is 10.0. The molecule has 1 saturated carbocycles. The van der Waals surface area contributed by atoms with Crippen molar-refractivity contribution in [3.8, 4) is 5.75 Å². The lowest BCUT2D eigenvalue weighted by Gasteiger charge is -2.35. The first-order chi connectivity index (χ1) is 15.2. The summed E-state index contributed by atoms with van der Waals surface area (Å²) >= 11 is 0. The van der Waals surface area contributed by atoms with E-state index in [1.165, 1.54) is 13.8 Å².